The summed E-state index contributed by atoms with van der Waals surface area (Å²) < 4.78 is 0. The average Bonchev–Trinajstić information content (AvgIpc) is 3.11. The zero-order valence-electron chi connectivity index (χ0n) is 14.0. The Hall–Kier alpha value is -3.48. The quantitative estimate of drug-likeness (QED) is 0.674. The Morgan fingerprint density at radius 2 is 1.77 bits per heavy atom. The summed E-state index contributed by atoms with van der Waals surface area (Å²) in [5.41, 5.74) is 4.62. The molecule has 0 aliphatic carbocycles. The highest BCUT2D eigenvalue weighted by Gasteiger charge is 2.21. The van der Waals surface area contributed by atoms with Gasteiger partial charge < -0.3 is 10.4 Å². The van der Waals surface area contributed by atoms with Gasteiger partial charge in [0.1, 0.15) is 5.69 Å². The van der Waals surface area contributed by atoms with Gasteiger partial charge in [-0.2, -0.15) is 10.3 Å². The normalized spacial score (nSPS) is 16.0. The lowest BCUT2D eigenvalue weighted by molar-refractivity contribution is 0.0691. The summed E-state index contributed by atoms with van der Waals surface area (Å²) >= 11 is 0. The summed E-state index contributed by atoms with van der Waals surface area (Å²) in [6, 6.07) is 13.4. The van der Waals surface area contributed by atoms with Gasteiger partial charge in [0.05, 0.1) is 0 Å². The summed E-state index contributed by atoms with van der Waals surface area (Å²) in [5.74, 6) is -1.16. The first kappa shape index (κ1) is 16.0. The van der Waals surface area contributed by atoms with E-state index in [1.165, 1.54) is 0 Å². The second-order valence-electron chi connectivity index (χ2n) is 6.35. The van der Waals surface area contributed by atoms with E-state index < -0.39 is 5.97 Å². The molecular formula is C19H16N4O3. The van der Waals surface area contributed by atoms with Crippen LogP contribution in [0.15, 0.2) is 42.5 Å². The summed E-state index contributed by atoms with van der Waals surface area (Å²) in [6.45, 7) is 1.99. The van der Waals surface area contributed by atoms with Crippen molar-refractivity contribution in [1.82, 2.24) is 20.7 Å². The molecule has 1 aromatic heterocycles. The van der Waals surface area contributed by atoms with Crippen molar-refractivity contribution in [2.45, 2.75) is 19.4 Å². The molecule has 0 radical (unpaired) electrons. The van der Waals surface area contributed by atoms with Gasteiger partial charge in [-0.3, -0.25) is 4.79 Å². The SMILES string of the molecule is CC1Cc2cc(-c3ccc(-c4n[nH]nc4C(=O)O)cc3)ccc2C(=O)N1. The second-order valence-corrected chi connectivity index (χ2v) is 6.35. The highest BCUT2D eigenvalue weighted by atomic mass is 16.4. The Balaban J connectivity index is 1.67. The number of benzene rings is 2. The van der Waals surface area contributed by atoms with Crippen LogP contribution < -0.4 is 5.32 Å². The molecule has 0 saturated heterocycles. The number of carboxylic acid groups (broad SMARTS) is 1. The Kier molecular flexibility index (Phi) is 3.76. The van der Waals surface area contributed by atoms with Crippen LogP contribution in [-0.2, 0) is 6.42 Å². The Morgan fingerprint density at radius 3 is 2.50 bits per heavy atom. The van der Waals surface area contributed by atoms with Gasteiger partial charge in [0.25, 0.3) is 5.91 Å². The average molecular weight is 348 g/mol. The van der Waals surface area contributed by atoms with Crippen molar-refractivity contribution in [3.05, 3.63) is 59.3 Å². The van der Waals surface area contributed by atoms with Crippen molar-refractivity contribution in [1.29, 1.82) is 0 Å². The van der Waals surface area contributed by atoms with Gasteiger partial charge in [-0.25, -0.2) is 4.79 Å². The largest absolute Gasteiger partial charge is 0.476 e. The molecule has 3 N–H and O–H groups in total. The molecule has 0 bridgehead atoms. The van der Waals surface area contributed by atoms with Gasteiger partial charge >= 0.3 is 5.97 Å². The molecule has 7 heteroatoms. The van der Waals surface area contributed by atoms with E-state index in [-0.39, 0.29) is 17.6 Å². The van der Waals surface area contributed by atoms with Crippen molar-refractivity contribution in [2.24, 2.45) is 0 Å². The lowest BCUT2D eigenvalue weighted by atomic mass is 9.92. The van der Waals surface area contributed by atoms with E-state index in [0.717, 1.165) is 28.7 Å². The number of hydrogen-bond acceptors (Lipinski definition) is 4. The third-order valence-corrected chi connectivity index (χ3v) is 4.50. The fraction of sp³-hybridized carbons (Fsp3) is 0.158. The molecule has 4 rings (SSSR count). The first-order chi connectivity index (χ1) is 12.5. The molecule has 1 aliphatic heterocycles. The number of amides is 1. The molecule has 3 aromatic rings. The molecule has 130 valence electrons. The summed E-state index contributed by atoms with van der Waals surface area (Å²) in [4.78, 5) is 23.2. The van der Waals surface area contributed by atoms with Gasteiger partial charge in [-0.05, 0) is 36.1 Å². The molecule has 2 aromatic carbocycles. The fourth-order valence-electron chi connectivity index (χ4n) is 3.25. The highest BCUT2D eigenvalue weighted by Crippen LogP contribution is 2.28. The van der Waals surface area contributed by atoms with Crippen molar-refractivity contribution in [2.75, 3.05) is 0 Å². The molecule has 0 spiro atoms. The molecule has 26 heavy (non-hydrogen) atoms. The smallest absolute Gasteiger partial charge is 0.358 e. The van der Waals surface area contributed by atoms with Crippen LogP contribution in [0.1, 0.15) is 33.3 Å². The Morgan fingerprint density at radius 1 is 1.08 bits per heavy atom. The number of nitrogens with one attached hydrogen (secondary N) is 2. The van der Waals surface area contributed by atoms with Crippen LogP contribution in [0.5, 0.6) is 0 Å². The number of hydrogen-bond donors (Lipinski definition) is 3. The van der Waals surface area contributed by atoms with Crippen LogP contribution in [0.4, 0.5) is 0 Å². The van der Waals surface area contributed by atoms with E-state index in [9.17, 15) is 9.59 Å². The Bertz CT molecular complexity index is 1010. The number of nitrogens with zero attached hydrogens (tertiary/aromatic N) is 2. The number of aromatic nitrogens is 3. The maximum atomic E-state index is 12.0. The van der Waals surface area contributed by atoms with Crippen molar-refractivity contribution < 1.29 is 14.7 Å². The molecule has 1 unspecified atom stereocenters. The third kappa shape index (κ3) is 2.73. The number of rotatable bonds is 3. The van der Waals surface area contributed by atoms with Crippen LogP contribution in [-0.4, -0.2) is 38.4 Å². The molecule has 1 aliphatic rings. The third-order valence-electron chi connectivity index (χ3n) is 4.50. The van der Waals surface area contributed by atoms with Gasteiger partial charge in [0.2, 0.25) is 0 Å². The number of carbonyl (C=O) groups is 2. The minimum atomic E-state index is -1.13. The van der Waals surface area contributed by atoms with Gasteiger partial charge in [-0.1, -0.05) is 36.4 Å². The molecule has 2 heterocycles. The minimum Gasteiger partial charge on any atom is -0.476 e. The minimum absolute atomic E-state index is 0.0344. The van der Waals surface area contributed by atoms with Crippen LogP contribution >= 0.6 is 0 Å². The molecule has 1 amide bonds. The summed E-state index contributed by atoms with van der Waals surface area (Å²) in [6.07, 6.45) is 0.800. The topological polar surface area (TPSA) is 108 Å². The maximum Gasteiger partial charge on any atom is 0.358 e. The predicted molar refractivity (Wildman–Crippen MR) is 94.8 cm³/mol. The van der Waals surface area contributed by atoms with Crippen LogP contribution in [0.3, 0.4) is 0 Å². The van der Waals surface area contributed by atoms with Crippen LogP contribution in [0.2, 0.25) is 0 Å². The first-order valence-electron chi connectivity index (χ1n) is 8.21. The van der Waals surface area contributed by atoms with Gasteiger partial charge in [0, 0.05) is 17.2 Å². The molecule has 0 saturated carbocycles. The van der Waals surface area contributed by atoms with Crippen LogP contribution in [0.25, 0.3) is 22.4 Å². The lowest BCUT2D eigenvalue weighted by Crippen LogP contribution is -2.39. The predicted octanol–water partition coefficient (Wildman–Crippen LogP) is 2.51. The zero-order valence-corrected chi connectivity index (χ0v) is 14.0. The molecule has 0 fully saturated rings. The van der Waals surface area contributed by atoms with Crippen LogP contribution in [0, 0.1) is 0 Å². The van der Waals surface area contributed by atoms with Gasteiger partial charge in [0.15, 0.2) is 5.69 Å². The highest BCUT2D eigenvalue weighted by molar-refractivity contribution is 5.97. The first-order valence-corrected chi connectivity index (χ1v) is 8.21. The van der Waals surface area contributed by atoms with Crippen molar-refractivity contribution in [3.8, 4) is 22.4 Å². The summed E-state index contributed by atoms with van der Waals surface area (Å²) in [5, 5.41) is 22.0. The number of H-pyrrole nitrogens is 1. The van der Waals surface area contributed by atoms with E-state index in [1.807, 2.05) is 49.4 Å². The Labute approximate surface area is 149 Å². The summed E-state index contributed by atoms with van der Waals surface area (Å²) in [7, 11) is 0. The number of carbonyl (C=O) groups excluding carboxylic acids is 1. The lowest BCUT2D eigenvalue weighted by Gasteiger charge is -2.23. The van der Waals surface area contributed by atoms with E-state index in [2.05, 4.69) is 20.7 Å². The fourth-order valence-corrected chi connectivity index (χ4v) is 3.25. The van der Waals surface area contributed by atoms with E-state index in [4.69, 9.17) is 5.11 Å². The second kappa shape index (κ2) is 6.11. The monoisotopic (exact) mass is 348 g/mol. The number of aromatic amines is 1. The van der Waals surface area contributed by atoms with Crippen molar-refractivity contribution >= 4 is 11.9 Å². The number of fused-ring (bicyclic) bond motifs is 1. The van der Waals surface area contributed by atoms with E-state index in [1.54, 1.807) is 0 Å². The number of carboxylic acids is 1. The molecule has 1 atom stereocenters. The van der Waals surface area contributed by atoms with Crippen molar-refractivity contribution in [3.63, 3.8) is 0 Å². The zero-order chi connectivity index (χ0) is 18.3. The van der Waals surface area contributed by atoms with E-state index >= 15 is 0 Å². The molecule has 7 nitrogen and oxygen atoms in total. The van der Waals surface area contributed by atoms with Gasteiger partial charge in [-0.15, -0.1) is 5.10 Å². The standard InChI is InChI=1S/C19H16N4O3/c1-10-8-14-9-13(6-7-15(14)18(24)20-10)11-2-4-12(5-3-11)16-17(19(25)26)22-23-21-16/h2-7,9-10H,8H2,1H3,(H,20,24)(H,25,26)(H,21,22,23). The number of aromatic carboxylic acids is 1. The van der Waals surface area contributed by atoms with E-state index in [0.29, 0.717) is 11.3 Å². The molecular weight excluding hydrogens is 332 g/mol. The maximum absolute atomic E-state index is 12.0.